The number of likely N-dealkylation sites (tertiary alicyclic amines) is 1. The zero-order valence-electron chi connectivity index (χ0n) is 12.0. The molecule has 110 valence electrons. The Morgan fingerprint density at radius 1 is 1.45 bits per heavy atom. The number of nitrogens with one attached hydrogen (secondary N) is 2. The van der Waals surface area contributed by atoms with Crippen molar-refractivity contribution in [1.82, 2.24) is 20.4 Å². The van der Waals surface area contributed by atoms with Crippen molar-refractivity contribution in [3.8, 4) is 0 Å². The number of amides is 1. The molecule has 1 amide bonds. The standard InChI is InChI=1S/C15H24N4O/c20-15(4-3-12-5-7-16-10-12)19-9-1-2-13(11-19)14-6-8-17-18-14/h6,8,12-13,16H,1-5,7,9-11H2,(H,17,18). The van der Waals surface area contributed by atoms with E-state index < -0.39 is 0 Å². The molecular formula is C15H24N4O. The second-order valence-corrected chi connectivity index (χ2v) is 6.09. The first-order valence-electron chi connectivity index (χ1n) is 7.80. The third-order valence-electron chi connectivity index (χ3n) is 4.67. The first kappa shape index (κ1) is 13.6. The van der Waals surface area contributed by atoms with Gasteiger partial charge >= 0.3 is 0 Å². The molecule has 0 aromatic carbocycles. The fraction of sp³-hybridized carbons (Fsp3) is 0.733. The lowest BCUT2D eigenvalue weighted by Crippen LogP contribution is -2.39. The SMILES string of the molecule is O=C(CCC1CCNC1)N1CCCC(c2ccn[nH]2)C1. The summed E-state index contributed by atoms with van der Waals surface area (Å²) in [6, 6.07) is 2.03. The quantitative estimate of drug-likeness (QED) is 0.876. The molecule has 0 aliphatic carbocycles. The van der Waals surface area contributed by atoms with Crippen LogP contribution < -0.4 is 5.32 Å². The Balaban J connectivity index is 1.49. The Kier molecular flexibility index (Phi) is 4.35. The highest BCUT2D eigenvalue weighted by Crippen LogP contribution is 2.26. The van der Waals surface area contributed by atoms with Crippen molar-refractivity contribution in [3.63, 3.8) is 0 Å². The molecule has 3 heterocycles. The van der Waals surface area contributed by atoms with Gasteiger partial charge in [-0.1, -0.05) is 0 Å². The van der Waals surface area contributed by atoms with Gasteiger partial charge in [0.15, 0.2) is 0 Å². The van der Waals surface area contributed by atoms with E-state index in [-0.39, 0.29) is 0 Å². The molecule has 2 N–H and O–H groups in total. The first-order chi connectivity index (χ1) is 9.83. The topological polar surface area (TPSA) is 61.0 Å². The van der Waals surface area contributed by atoms with Crippen LogP contribution in [0.4, 0.5) is 0 Å². The second kappa shape index (κ2) is 6.39. The molecule has 1 aromatic rings. The average molecular weight is 276 g/mol. The van der Waals surface area contributed by atoms with Gasteiger partial charge in [0.25, 0.3) is 0 Å². The lowest BCUT2D eigenvalue weighted by Gasteiger charge is -2.32. The van der Waals surface area contributed by atoms with E-state index in [0.29, 0.717) is 24.2 Å². The Morgan fingerprint density at radius 3 is 3.15 bits per heavy atom. The van der Waals surface area contributed by atoms with E-state index in [1.54, 1.807) is 6.20 Å². The summed E-state index contributed by atoms with van der Waals surface area (Å²) in [6.45, 7) is 3.98. The summed E-state index contributed by atoms with van der Waals surface area (Å²) in [5.74, 6) is 1.47. The lowest BCUT2D eigenvalue weighted by atomic mass is 9.94. The van der Waals surface area contributed by atoms with Gasteiger partial charge in [-0.05, 0) is 50.8 Å². The van der Waals surface area contributed by atoms with Gasteiger partial charge in [-0.2, -0.15) is 5.10 Å². The van der Waals surface area contributed by atoms with E-state index in [4.69, 9.17) is 0 Å². The molecule has 0 spiro atoms. The van der Waals surface area contributed by atoms with Gasteiger partial charge in [0.2, 0.25) is 5.91 Å². The van der Waals surface area contributed by atoms with E-state index in [9.17, 15) is 4.79 Å². The number of H-pyrrole nitrogens is 1. The molecule has 3 rings (SSSR count). The number of piperidine rings is 1. The number of hydrogen-bond acceptors (Lipinski definition) is 3. The maximum atomic E-state index is 12.3. The van der Waals surface area contributed by atoms with Gasteiger partial charge in [-0.15, -0.1) is 0 Å². The summed E-state index contributed by atoms with van der Waals surface area (Å²) < 4.78 is 0. The zero-order chi connectivity index (χ0) is 13.8. The highest BCUT2D eigenvalue weighted by Gasteiger charge is 2.26. The molecule has 2 fully saturated rings. The van der Waals surface area contributed by atoms with Crippen LogP contribution in [0, 0.1) is 5.92 Å². The Hall–Kier alpha value is -1.36. The van der Waals surface area contributed by atoms with Crippen molar-refractivity contribution >= 4 is 5.91 Å². The van der Waals surface area contributed by atoms with Gasteiger partial charge in [0.1, 0.15) is 0 Å². The zero-order valence-corrected chi connectivity index (χ0v) is 12.0. The van der Waals surface area contributed by atoms with E-state index in [2.05, 4.69) is 20.4 Å². The molecule has 2 aliphatic rings. The minimum absolute atomic E-state index is 0.334. The van der Waals surface area contributed by atoms with E-state index in [1.165, 1.54) is 12.1 Å². The van der Waals surface area contributed by atoms with E-state index in [1.807, 2.05) is 6.07 Å². The number of rotatable bonds is 4. The predicted molar refractivity (Wildman–Crippen MR) is 77.4 cm³/mol. The predicted octanol–water partition coefficient (Wildman–Crippen LogP) is 1.51. The smallest absolute Gasteiger partial charge is 0.222 e. The summed E-state index contributed by atoms with van der Waals surface area (Å²) in [6.07, 6.45) is 7.02. The summed E-state index contributed by atoms with van der Waals surface area (Å²) in [5, 5.41) is 10.4. The van der Waals surface area contributed by atoms with Crippen LogP contribution in [0.3, 0.4) is 0 Å². The molecular weight excluding hydrogens is 252 g/mol. The number of aromatic nitrogens is 2. The molecule has 5 nitrogen and oxygen atoms in total. The summed E-state index contributed by atoms with van der Waals surface area (Å²) >= 11 is 0. The van der Waals surface area contributed by atoms with Gasteiger partial charge in [0.05, 0.1) is 0 Å². The molecule has 2 saturated heterocycles. The van der Waals surface area contributed by atoms with Crippen molar-refractivity contribution in [2.24, 2.45) is 5.92 Å². The molecule has 2 atom stereocenters. The number of nitrogens with zero attached hydrogens (tertiary/aromatic N) is 2. The molecule has 5 heteroatoms. The van der Waals surface area contributed by atoms with Crippen LogP contribution in [0.15, 0.2) is 12.3 Å². The number of carbonyl (C=O) groups is 1. The maximum absolute atomic E-state index is 12.3. The number of carbonyl (C=O) groups excluding carboxylic acids is 1. The molecule has 20 heavy (non-hydrogen) atoms. The van der Waals surface area contributed by atoms with Crippen molar-refractivity contribution in [2.75, 3.05) is 26.2 Å². The van der Waals surface area contributed by atoms with Crippen LogP contribution in [0.5, 0.6) is 0 Å². The van der Waals surface area contributed by atoms with Gasteiger partial charge in [0, 0.05) is 37.3 Å². The summed E-state index contributed by atoms with van der Waals surface area (Å²) in [4.78, 5) is 14.4. The number of hydrogen-bond donors (Lipinski definition) is 2. The summed E-state index contributed by atoms with van der Waals surface area (Å²) in [5.41, 5.74) is 1.17. The highest BCUT2D eigenvalue weighted by molar-refractivity contribution is 5.76. The minimum Gasteiger partial charge on any atom is -0.342 e. The van der Waals surface area contributed by atoms with Crippen molar-refractivity contribution in [1.29, 1.82) is 0 Å². The van der Waals surface area contributed by atoms with Crippen LogP contribution >= 0.6 is 0 Å². The fourth-order valence-corrected chi connectivity index (χ4v) is 3.40. The second-order valence-electron chi connectivity index (χ2n) is 6.09. The van der Waals surface area contributed by atoms with Gasteiger partial charge < -0.3 is 10.2 Å². The van der Waals surface area contributed by atoms with Crippen LogP contribution in [-0.2, 0) is 4.79 Å². The molecule has 0 saturated carbocycles. The Labute approximate surface area is 120 Å². The van der Waals surface area contributed by atoms with E-state index in [0.717, 1.165) is 45.4 Å². The lowest BCUT2D eigenvalue weighted by molar-refractivity contribution is -0.132. The van der Waals surface area contributed by atoms with E-state index >= 15 is 0 Å². The molecule has 2 aliphatic heterocycles. The normalized spacial score (nSPS) is 26.9. The molecule has 0 radical (unpaired) electrons. The minimum atomic E-state index is 0.334. The molecule has 2 unspecified atom stereocenters. The van der Waals surface area contributed by atoms with Crippen LogP contribution in [0.25, 0.3) is 0 Å². The Morgan fingerprint density at radius 2 is 2.40 bits per heavy atom. The fourth-order valence-electron chi connectivity index (χ4n) is 3.40. The monoisotopic (exact) mass is 276 g/mol. The first-order valence-corrected chi connectivity index (χ1v) is 7.80. The van der Waals surface area contributed by atoms with Crippen molar-refractivity contribution in [3.05, 3.63) is 18.0 Å². The Bertz CT molecular complexity index is 425. The third-order valence-corrected chi connectivity index (χ3v) is 4.67. The van der Waals surface area contributed by atoms with Crippen molar-refractivity contribution in [2.45, 2.75) is 38.0 Å². The molecule has 0 bridgehead atoms. The molecule has 1 aromatic heterocycles. The maximum Gasteiger partial charge on any atom is 0.222 e. The summed E-state index contributed by atoms with van der Waals surface area (Å²) in [7, 11) is 0. The van der Waals surface area contributed by atoms with Crippen LogP contribution in [0.1, 0.15) is 43.7 Å². The largest absolute Gasteiger partial charge is 0.342 e. The van der Waals surface area contributed by atoms with Crippen LogP contribution in [-0.4, -0.2) is 47.2 Å². The van der Waals surface area contributed by atoms with Crippen molar-refractivity contribution < 1.29 is 4.79 Å². The van der Waals surface area contributed by atoms with Crippen LogP contribution in [0.2, 0.25) is 0 Å². The van der Waals surface area contributed by atoms with Gasteiger partial charge in [-0.25, -0.2) is 0 Å². The number of aromatic amines is 1. The average Bonchev–Trinajstić information content (AvgIpc) is 3.18. The third kappa shape index (κ3) is 3.20. The van der Waals surface area contributed by atoms with Gasteiger partial charge in [-0.3, -0.25) is 9.89 Å². The highest BCUT2D eigenvalue weighted by atomic mass is 16.2.